The van der Waals surface area contributed by atoms with Crippen molar-refractivity contribution in [2.75, 3.05) is 13.1 Å². The zero-order chi connectivity index (χ0) is 17.9. The van der Waals surface area contributed by atoms with Crippen LogP contribution >= 0.6 is 0 Å². The van der Waals surface area contributed by atoms with Crippen LogP contribution in [0.3, 0.4) is 0 Å². The van der Waals surface area contributed by atoms with Gasteiger partial charge in [-0.25, -0.2) is 0 Å². The molecule has 2 aromatic heterocycles. The van der Waals surface area contributed by atoms with Crippen LogP contribution in [0.15, 0.2) is 48.8 Å². The minimum Gasteiger partial charge on any atom is -0.317 e. The first-order chi connectivity index (χ1) is 12.7. The molecule has 1 aliphatic rings. The topological polar surface area (TPSA) is 46.9 Å². The van der Waals surface area contributed by atoms with Gasteiger partial charge in [0.2, 0.25) is 5.91 Å². The summed E-state index contributed by atoms with van der Waals surface area (Å²) in [7, 11) is 0. The summed E-state index contributed by atoms with van der Waals surface area (Å²) in [6, 6.07) is 12.2. The molecule has 0 radical (unpaired) electrons. The number of hydrogen-bond acceptors (Lipinski definition) is 3. The van der Waals surface area contributed by atoms with Gasteiger partial charge in [0.25, 0.3) is 0 Å². The Morgan fingerprint density at radius 2 is 2.00 bits per heavy atom. The van der Waals surface area contributed by atoms with Gasteiger partial charge in [-0.2, -0.15) is 0 Å². The molecule has 4 nitrogen and oxygen atoms in total. The summed E-state index contributed by atoms with van der Waals surface area (Å²) in [5, 5.41) is 3.41. The average molecular weight is 347 g/mol. The van der Waals surface area contributed by atoms with Gasteiger partial charge in [-0.1, -0.05) is 24.3 Å². The highest BCUT2D eigenvalue weighted by Crippen LogP contribution is 2.32. The van der Waals surface area contributed by atoms with E-state index in [1.165, 1.54) is 16.7 Å². The van der Waals surface area contributed by atoms with E-state index in [2.05, 4.69) is 29.4 Å². The van der Waals surface area contributed by atoms with Crippen molar-refractivity contribution in [2.24, 2.45) is 0 Å². The van der Waals surface area contributed by atoms with E-state index in [1.54, 1.807) is 0 Å². The minimum absolute atomic E-state index is 0.145. The van der Waals surface area contributed by atoms with Gasteiger partial charge < -0.3 is 5.32 Å². The van der Waals surface area contributed by atoms with Gasteiger partial charge >= 0.3 is 0 Å². The molecule has 26 heavy (non-hydrogen) atoms. The summed E-state index contributed by atoms with van der Waals surface area (Å²) in [4.78, 5) is 17.6. The van der Waals surface area contributed by atoms with E-state index < -0.39 is 0 Å². The van der Waals surface area contributed by atoms with Crippen LogP contribution in [0.25, 0.3) is 11.0 Å². The quantitative estimate of drug-likeness (QED) is 0.773. The van der Waals surface area contributed by atoms with Gasteiger partial charge in [-0.05, 0) is 74.0 Å². The summed E-state index contributed by atoms with van der Waals surface area (Å²) in [6.45, 7) is 4.17. The third-order valence-corrected chi connectivity index (χ3v) is 5.50. The highest BCUT2D eigenvalue weighted by molar-refractivity contribution is 5.93. The fourth-order valence-corrected chi connectivity index (χ4v) is 3.97. The van der Waals surface area contributed by atoms with Gasteiger partial charge in [-0.15, -0.1) is 0 Å². The molecule has 3 aromatic rings. The Labute approximate surface area is 154 Å². The first-order valence-corrected chi connectivity index (χ1v) is 9.48. The predicted molar refractivity (Wildman–Crippen MR) is 105 cm³/mol. The van der Waals surface area contributed by atoms with Crippen molar-refractivity contribution in [3.05, 3.63) is 65.5 Å². The number of nitrogens with zero attached hydrogens (tertiary/aromatic N) is 2. The van der Waals surface area contributed by atoms with Gasteiger partial charge in [-0.3, -0.25) is 14.3 Å². The lowest BCUT2D eigenvalue weighted by molar-refractivity contribution is 0.0908. The fraction of sp³-hybridized carbons (Fsp3) is 0.364. The van der Waals surface area contributed by atoms with Crippen LogP contribution in [-0.4, -0.2) is 28.5 Å². The highest BCUT2D eigenvalue weighted by atomic mass is 16.2. The van der Waals surface area contributed by atoms with Crippen LogP contribution in [0.5, 0.6) is 0 Å². The van der Waals surface area contributed by atoms with Crippen LogP contribution in [0.2, 0.25) is 0 Å². The number of aromatic nitrogens is 2. The van der Waals surface area contributed by atoms with E-state index in [0.717, 1.165) is 43.4 Å². The molecule has 1 fully saturated rings. The van der Waals surface area contributed by atoms with E-state index in [0.29, 0.717) is 12.3 Å². The lowest BCUT2D eigenvalue weighted by Gasteiger charge is -2.21. The Balaban J connectivity index is 1.61. The van der Waals surface area contributed by atoms with E-state index in [-0.39, 0.29) is 5.91 Å². The van der Waals surface area contributed by atoms with Crippen LogP contribution in [0.1, 0.15) is 46.7 Å². The molecule has 3 heterocycles. The predicted octanol–water partition coefficient (Wildman–Crippen LogP) is 4.08. The fourth-order valence-electron chi connectivity index (χ4n) is 3.97. The number of fused-ring (bicyclic) bond motifs is 1. The highest BCUT2D eigenvalue weighted by Gasteiger charge is 2.22. The molecule has 0 unspecified atom stereocenters. The van der Waals surface area contributed by atoms with Crippen molar-refractivity contribution < 1.29 is 4.79 Å². The average Bonchev–Trinajstić information content (AvgIpc) is 3.08. The molecule has 0 spiro atoms. The summed E-state index contributed by atoms with van der Waals surface area (Å²) >= 11 is 0. The molecule has 0 amide bonds. The summed E-state index contributed by atoms with van der Waals surface area (Å²) in [6.07, 6.45) is 7.37. The number of hydrogen-bond donors (Lipinski definition) is 1. The van der Waals surface area contributed by atoms with Crippen molar-refractivity contribution >= 4 is 16.9 Å². The Morgan fingerprint density at radius 3 is 2.81 bits per heavy atom. The summed E-state index contributed by atoms with van der Waals surface area (Å²) < 4.78 is 1.83. The van der Waals surface area contributed by atoms with Crippen LogP contribution in [0.4, 0.5) is 0 Å². The normalized spacial score (nSPS) is 15.4. The second kappa shape index (κ2) is 7.42. The number of rotatable bonds is 4. The zero-order valence-corrected chi connectivity index (χ0v) is 15.2. The standard InChI is InChI=1S/C22H25N3O/c1-16-5-2-3-6-17(16)8-9-21(26)25-15-19(18-10-13-23-14-11-18)22-20(25)7-4-12-24-22/h2-7,12,15,18,23H,8-11,13-14H2,1H3. The number of pyridine rings is 1. The summed E-state index contributed by atoms with van der Waals surface area (Å²) in [5.41, 5.74) is 5.65. The van der Waals surface area contributed by atoms with Crippen molar-refractivity contribution in [3.63, 3.8) is 0 Å². The Bertz CT molecular complexity index is 922. The van der Waals surface area contributed by atoms with Crippen LogP contribution in [0, 0.1) is 6.92 Å². The molecule has 0 atom stereocenters. The smallest absolute Gasteiger partial charge is 0.231 e. The maximum Gasteiger partial charge on any atom is 0.231 e. The largest absolute Gasteiger partial charge is 0.317 e. The third kappa shape index (κ3) is 3.29. The van der Waals surface area contributed by atoms with Crippen LogP contribution < -0.4 is 5.32 Å². The van der Waals surface area contributed by atoms with E-state index in [4.69, 9.17) is 0 Å². The third-order valence-electron chi connectivity index (χ3n) is 5.50. The number of carbonyl (C=O) groups excluding carboxylic acids is 1. The Kier molecular flexibility index (Phi) is 4.85. The van der Waals surface area contributed by atoms with E-state index in [1.807, 2.05) is 41.2 Å². The van der Waals surface area contributed by atoms with Crippen molar-refractivity contribution in [1.82, 2.24) is 14.9 Å². The zero-order valence-electron chi connectivity index (χ0n) is 15.2. The molecule has 1 aliphatic heterocycles. The number of nitrogens with one attached hydrogen (secondary N) is 1. The maximum absolute atomic E-state index is 13.0. The monoisotopic (exact) mass is 347 g/mol. The first-order valence-electron chi connectivity index (χ1n) is 9.48. The molecular weight excluding hydrogens is 322 g/mol. The molecule has 0 saturated carbocycles. The van der Waals surface area contributed by atoms with Crippen molar-refractivity contribution in [1.29, 1.82) is 0 Å². The lowest BCUT2D eigenvalue weighted by Crippen LogP contribution is -2.26. The van der Waals surface area contributed by atoms with Gasteiger partial charge in [0.15, 0.2) is 0 Å². The molecule has 0 aliphatic carbocycles. The second-order valence-electron chi connectivity index (χ2n) is 7.17. The maximum atomic E-state index is 13.0. The Hall–Kier alpha value is -2.46. The number of benzene rings is 1. The molecule has 1 N–H and O–H groups in total. The molecule has 134 valence electrons. The molecule has 4 rings (SSSR count). The van der Waals surface area contributed by atoms with Gasteiger partial charge in [0.1, 0.15) is 0 Å². The molecule has 4 heteroatoms. The number of piperidine rings is 1. The van der Waals surface area contributed by atoms with Crippen LogP contribution in [-0.2, 0) is 6.42 Å². The summed E-state index contributed by atoms with van der Waals surface area (Å²) in [5.74, 6) is 0.630. The minimum atomic E-state index is 0.145. The first kappa shape index (κ1) is 17.0. The number of aryl methyl sites for hydroxylation is 2. The van der Waals surface area contributed by atoms with E-state index in [9.17, 15) is 4.79 Å². The second-order valence-corrected chi connectivity index (χ2v) is 7.17. The van der Waals surface area contributed by atoms with Gasteiger partial charge in [0.05, 0.1) is 11.0 Å². The van der Waals surface area contributed by atoms with Crippen molar-refractivity contribution in [2.45, 2.75) is 38.5 Å². The SMILES string of the molecule is Cc1ccccc1CCC(=O)n1cc(C2CCNCC2)c2ncccc21. The van der Waals surface area contributed by atoms with Crippen molar-refractivity contribution in [3.8, 4) is 0 Å². The lowest BCUT2D eigenvalue weighted by atomic mass is 9.91. The van der Waals surface area contributed by atoms with E-state index >= 15 is 0 Å². The van der Waals surface area contributed by atoms with Gasteiger partial charge in [0, 0.05) is 18.8 Å². The number of carbonyl (C=O) groups is 1. The molecule has 1 saturated heterocycles. The molecule has 0 bridgehead atoms. The Morgan fingerprint density at radius 1 is 1.19 bits per heavy atom. The molecular formula is C22H25N3O. The molecule has 1 aromatic carbocycles.